The zero-order valence-corrected chi connectivity index (χ0v) is 11.3. The van der Waals surface area contributed by atoms with E-state index >= 15 is 0 Å². The Hall–Kier alpha value is -2.26. The lowest BCUT2D eigenvalue weighted by Gasteiger charge is -2.04. The summed E-state index contributed by atoms with van der Waals surface area (Å²) in [6, 6.07) is 7.62. The summed E-state index contributed by atoms with van der Waals surface area (Å²) < 4.78 is 29.7. The molecule has 106 valence electrons. The van der Waals surface area contributed by atoms with Crippen LogP contribution in [-0.4, -0.2) is 22.9 Å². The van der Waals surface area contributed by atoms with Crippen molar-refractivity contribution in [2.24, 2.45) is 7.05 Å². The molecule has 2 aromatic rings. The Morgan fingerprint density at radius 3 is 2.55 bits per heavy atom. The van der Waals surface area contributed by atoms with Crippen molar-refractivity contribution in [3.05, 3.63) is 52.5 Å². The molecule has 0 atom stereocenters. The molecule has 20 heavy (non-hydrogen) atoms. The molecule has 1 heterocycles. The minimum Gasteiger partial charge on any atom is -0.358 e. The third-order valence-electron chi connectivity index (χ3n) is 2.62. The largest absolute Gasteiger partial charge is 0.358 e. The third-order valence-corrected chi connectivity index (χ3v) is 3.90. The van der Waals surface area contributed by atoms with Crippen molar-refractivity contribution < 1.29 is 17.5 Å². The van der Waals surface area contributed by atoms with Gasteiger partial charge in [0.05, 0.1) is 11.9 Å². The number of aromatic nitrogens is 2. The molecule has 0 aliphatic carbocycles. The number of nitrogens with zero attached hydrogens (tertiary/aromatic N) is 3. The summed E-state index contributed by atoms with van der Waals surface area (Å²) in [7, 11) is -2.49. The smallest absolute Gasteiger partial charge is 0.342 e. The predicted molar refractivity (Wildman–Crippen MR) is 68.3 cm³/mol. The fraction of sp³-hybridized carbons (Fsp3) is 0.182. The topological polar surface area (TPSA) is 104 Å². The molecule has 0 N–H and O–H groups in total. The second-order valence-corrected chi connectivity index (χ2v) is 5.49. The van der Waals surface area contributed by atoms with Crippen LogP contribution in [0.25, 0.3) is 0 Å². The molecule has 9 heteroatoms. The van der Waals surface area contributed by atoms with E-state index in [4.69, 9.17) is 4.18 Å². The molecule has 2 rings (SSSR count). The van der Waals surface area contributed by atoms with Crippen LogP contribution in [0.15, 0.2) is 41.4 Å². The molecule has 0 saturated heterocycles. The Kier molecular flexibility index (Phi) is 3.81. The maximum atomic E-state index is 11.9. The van der Waals surface area contributed by atoms with Gasteiger partial charge in [0.25, 0.3) is 10.1 Å². The van der Waals surface area contributed by atoms with Gasteiger partial charge in [-0.25, -0.2) is 9.55 Å². The van der Waals surface area contributed by atoms with Crippen LogP contribution in [0.1, 0.15) is 5.82 Å². The van der Waals surface area contributed by atoms with E-state index in [1.165, 1.54) is 23.7 Å². The second-order valence-electron chi connectivity index (χ2n) is 3.88. The van der Waals surface area contributed by atoms with E-state index in [1.807, 2.05) is 0 Å². The fourth-order valence-electron chi connectivity index (χ4n) is 1.53. The first-order chi connectivity index (χ1) is 9.42. The molecule has 0 saturated carbocycles. The Balaban J connectivity index is 2.15. The molecule has 0 bridgehead atoms. The van der Waals surface area contributed by atoms with Crippen molar-refractivity contribution in [2.45, 2.75) is 11.5 Å². The third kappa shape index (κ3) is 2.83. The number of hydrogen-bond donors (Lipinski definition) is 0. The predicted octanol–water partition coefficient (Wildman–Crippen LogP) is 1.23. The summed E-state index contributed by atoms with van der Waals surface area (Å²) in [5.74, 6) is -0.0862. The van der Waals surface area contributed by atoms with Gasteiger partial charge in [-0.2, -0.15) is 8.42 Å². The maximum Gasteiger partial charge on any atom is 0.342 e. The molecule has 0 fully saturated rings. The highest BCUT2D eigenvalue weighted by molar-refractivity contribution is 7.86. The van der Waals surface area contributed by atoms with Crippen LogP contribution in [0.2, 0.25) is 0 Å². The van der Waals surface area contributed by atoms with E-state index in [-0.39, 0.29) is 23.1 Å². The van der Waals surface area contributed by atoms with E-state index < -0.39 is 15.0 Å². The van der Waals surface area contributed by atoms with Gasteiger partial charge in [-0.3, -0.25) is 4.18 Å². The van der Waals surface area contributed by atoms with Gasteiger partial charge in [0.1, 0.15) is 12.8 Å². The minimum atomic E-state index is -3.91. The molecular weight excluding hydrogens is 286 g/mol. The highest BCUT2D eigenvalue weighted by Gasteiger charge is 2.20. The van der Waals surface area contributed by atoms with Crippen molar-refractivity contribution in [1.29, 1.82) is 0 Å². The summed E-state index contributed by atoms with van der Waals surface area (Å²) in [4.78, 5) is 13.8. The number of rotatable bonds is 5. The second kappa shape index (κ2) is 5.39. The molecular formula is C11H11N3O5S. The molecule has 0 aliphatic rings. The van der Waals surface area contributed by atoms with Gasteiger partial charge < -0.3 is 10.1 Å². The highest BCUT2D eigenvalue weighted by atomic mass is 32.2. The number of imidazole rings is 1. The molecule has 0 amide bonds. The average molecular weight is 297 g/mol. The van der Waals surface area contributed by atoms with Crippen LogP contribution in [0.5, 0.6) is 0 Å². The van der Waals surface area contributed by atoms with Crippen LogP contribution < -0.4 is 0 Å². The Morgan fingerprint density at radius 2 is 2.00 bits per heavy atom. The lowest BCUT2D eigenvalue weighted by Crippen LogP contribution is -2.10. The van der Waals surface area contributed by atoms with Crippen molar-refractivity contribution in [3.8, 4) is 0 Å². The van der Waals surface area contributed by atoms with Gasteiger partial charge in [-0.05, 0) is 17.1 Å². The summed E-state index contributed by atoms with van der Waals surface area (Å²) in [5.41, 5.74) is 0. The molecule has 0 aliphatic heterocycles. The molecule has 0 unspecified atom stereocenters. The van der Waals surface area contributed by atoms with Gasteiger partial charge in [-0.15, -0.1) is 0 Å². The molecule has 8 nitrogen and oxygen atoms in total. The van der Waals surface area contributed by atoms with Crippen LogP contribution in [0.4, 0.5) is 5.82 Å². The van der Waals surface area contributed by atoms with Crippen LogP contribution in [0, 0.1) is 10.1 Å². The van der Waals surface area contributed by atoms with Crippen LogP contribution in [0.3, 0.4) is 0 Å². The number of nitro groups is 1. The zero-order chi connectivity index (χ0) is 14.8. The fourth-order valence-corrected chi connectivity index (χ4v) is 2.41. The van der Waals surface area contributed by atoms with Crippen molar-refractivity contribution >= 4 is 15.9 Å². The minimum absolute atomic E-state index is 0.0173. The van der Waals surface area contributed by atoms with Gasteiger partial charge >= 0.3 is 5.82 Å². The van der Waals surface area contributed by atoms with E-state index in [0.29, 0.717) is 0 Å². The summed E-state index contributed by atoms with van der Waals surface area (Å²) >= 11 is 0. The van der Waals surface area contributed by atoms with Crippen molar-refractivity contribution in [2.75, 3.05) is 0 Å². The Morgan fingerprint density at radius 1 is 1.35 bits per heavy atom. The van der Waals surface area contributed by atoms with Crippen molar-refractivity contribution in [1.82, 2.24) is 9.55 Å². The standard InChI is InChI=1S/C11H11N3O5S/c1-13-10(12-7-11(13)14(15)16)8-19-20(17,18)9-5-3-2-4-6-9/h2-7H,8H2,1H3. The highest BCUT2D eigenvalue weighted by Crippen LogP contribution is 2.16. The van der Waals surface area contributed by atoms with Gasteiger partial charge in [0.2, 0.25) is 5.82 Å². The molecule has 1 aromatic carbocycles. The maximum absolute atomic E-state index is 11.9. The molecule has 1 aromatic heterocycles. The van der Waals surface area contributed by atoms with Gasteiger partial charge in [-0.1, -0.05) is 18.2 Å². The first-order valence-electron chi connectivity index (χ1n) is 5.51. The van der Waals surface area contributed by atoms with Gasteiger partial charge in [0.15, 0.2) is 0 Å². The van der Waals surface area contributed by atoms with E-state index in [2.05, 4.69) is 4.98 Å². The Bertz CT molecular complexity index is 724. The Labute approximate surface area is 114 Å². The summed E-state index contributed by atoms with van der Waals surface area (Å²) in [5, 5.41) is 10.6. The quantitative estimate of drug-likeness (QED) is 0.467. The lowest BCUT2D eigenvalue weighted by atomic mass is 10.4. The normalized spacial score (nSPS) is 11.4. The van der Waals surface area contributed by atoms with Gasteiger partial charge in [0, 0.05) is 0 Å². The van der Waals surface area contributed by atoms with E-state index in [0.717, 1.165) is 6.20 Å². The monoisotopic (exact) mass is 297 g/mol. The van der Waals surface area contributed by atoms with Crippen LogP contribution >= 0.6 is 0 Å². The van der Waals surface area contributed by atoms with Crippen LogP contribution in [-0.2, 0) is 28.0 Å². The number of hydrogen-bond acceptors (Lipinski definition) is 6. The van der Waals surface area contributed by atoms with E-state index in [1.54, 1.807) is 18.2 Å². The SMILES string of the molecule is Cn1c([N+](=O)[O-])cnc1COS(=O)(=O)c1ccccc1. The zero-order valence-electron chi connectivity index (χ0n) is 10.5. The first-order valence-corrected chi connectivity index (χ1v) is 6.92. The van der Waals surface area contributed by atoms with Crippen molar-refractivity contribution in [3.63, 3.8) is 0 Å². The lowest BCUT2D eigenvalue weighted by molar-refractivity contribution is -0.391. The number of benzene rings is 1. The summed E-state index contributed by atoms with van der Waals surface area (Å²) in [6.45, 7) is -0.373. The molecule has 0 radical (unpaired) electrons. The average Bonchev–Trinajstić information content (AvgIpc) is 2.79. The first kappa shape index (κ1) is 14.2. The van der Waals surface area contributed by atoms with E-state index in [9.17, 15) is 18.5 Å². The summed E-state index contributed by atoms with van der Waals surface area (Å²) in [6.07, 6.45) is 1.05. The molecule has 0 spiro atoms.